The number of hydrogen-bond acceptors (Lipinski definition) is 4. The summed E-state index contributed by atoms with van der Waals surface area (Å²) in [5, 5.41) is 4.86. The van der Waals surface area contributed by atoms with E-state index in [0.717, 1.165) is 10.6 Å². The SMILES string of the molecule is COc1cccc(N2C[C@@H](C)N(C(=O)NCc3cccs3)CC2=O)c1. The van der Waals surface area contributed by atoms with Gasteiger partial charge in [0.2, 0.25) is 5.91 Å². The fraction of sp³-hybridized carbons (Fsp3) is 0.333. The van der Waals surface area contributed by atoms with Gasteiger partial charge < -0.3 is 19.9 Å². The van der Waals surface area contributed by atoms with Crippen molar-refractivity contribution in [2.75, 3.05) is 25.1 Å². The standard InChI is InChI=1S/C18H21N3O3S/c1-13-11-21(14-5-3-6-15(9-14)24-2)17(22)12-20(13)18(23)19-10-16-7-4-8-25-16/h3-9,13H,10-12H2,1-2H3,(H,19,23)/t13-/m1/s1. The Kier molecular flexibility index (Phi) is 5.23. The lowest BCUT2D eigenvalue weighted by atomic mass is 10.1. The summed E-state index contributed by atoms with van der Waals surface area (Å²) < 4.78 is 5.22. The molecule has 1 atom stereocenters. The highest BCUT2D eigenvalue weighted by molar-refractivity contribution is 7.09. The molecule has 1 aromatic heterocycles. The molecule has 0 unspecified atom stereocenters. The van der Waals surface area contributed by atoms with E-state index in [1.165, 1.54) is 0 Å². The van der Waals surface area contributed by atoms with Crippen molar-refractivity contribution in [1.82, 2.24) is 10.2 Å². The fourth-order valence-corrected chi connectivity index (χ4v) is 3.47. The third-order valence-corrected chi connectivity index (χ3v) is 5.08. The number of carbonyl (C=O) groups is 2. The van der Waals surface area contributed by atoms with Crippen LogP contribution in [0.3, 0.4) is 0 Å². The number of nitrogens with zero attached hydrogens (tertiary/aromatic N) is 2. The lowest BCUT2D eigenvalue weighted by Crippen LogP contribution is -2.59. The molecule has 6 nitrogen and oxygen atoms in total. The van der Waals surface area contributed by atoms with E-state index in [2.05, 4.69) is 5.32 Å². The van der Waals surface area contributed by atoms with Gasteiger partial charge in [-0.2, -0.15) is 0 Å². The molecule has 1 aromatic carbocycles. The first-order valence-electron chi connectivity index (χ1n) is 8.09. The highest BCUT2D eigenvalue weighted by Crippen LogP contribution is 2.24. The summed E-state index contributed by atoms with van der Waals surface area (Å²) in [4.78, 5) is 29.4. The van der Waals surface area contributed by atoms with Gasteiger partial charge in [0.1, 0.15) is 12.3 Å². The number of urea groups is 1. The largest absolute Gasteiger partial charge is 0.497 e. The Balaban J connectivity index is 1.65. The summed E-state index contributed by atoms with van der Waals surface area (Å²) in [6, 6.07) is 11.0. The van der Waals surface area contributed by atoms with Crippen LogP contribution in [0.2, 0.25) is 0 Å². The van der Waals surface area contributed by atoms with Gasteiger partial charge in [0, 0.05) is 29.2 Å². The predicted octanol–water partition coefficient (Wildman–Crippen LogP) is 2.70. The van der Waals surface area contributed by atoms with Crippen LogP contribution in [-0.4, -0.2) is 43.1 Å². The van der Waals surface area contributed by atoms with Crippen LogP contribution in [-0.2, 0) is 11.3 Å². The Morgan fingerprint density at radius 1 is 1.36 bits per heavy atom. The Labute approximate surface area is 151 Å². The average Bonchev–Trinajstić information content (AvgIpc) is 3.15. The number of amides is 3. The van der Waals surface area contributed by atoms with E-state index in [1.54, 1.807) is 28.2 Å². The van der Waals surface area contributed by atoms with Crippen molar-refractivity contribution in [1.29, 1.82) is 0 Å². The van der Waals surface area contributed by atoms with E-state index in [1.807, 2.05) is 48.7 Å². The zero-order valence-corrected chi connectivity index (χ0v) is 15.1. The molecule has 132 valence electrons. The van der Waals surface area contributed by atoms with Crippen LogP contribution in [0, 0.1) is 0 Å². The first kappa shape index (κ1) is 17.3. The van der Waals surface area contributed by atoms with Crippen molar-refractivity contribution in [2.45, 2.75) is 19.5 Å². The van der Waals surface area contributed by atoms with Crippen LogP contribution < -0.4 is 15.0 Å². The van der Waals surface area contributed by atoms with E-state index in [4.69, 9.17) is 4.74 Å². The van der Waals surface area contributed by atoms with Gasteiger partial charge >= 0.3 is 6.03 Å². The molecule has 1 aliphatic rings. The summed E-state index contributed by atoms with van der Waals surface area (Å²) in [6.45, 7) is 2.95. The topological polar surface area (TPSA) is 61.9 Å². The first-order valence-corrected chi connectivity index (χ1v) is 8.97. The van der Waals surface area contributed by atoms with Crippen molar-refractivity contribution in [2.24, 2.45) is 0 Å². The molecule has 3 rings (SSSR count). The van der Waals surface area contributed by atoms with Crippen molar-refractivity contribution in [3.63, 3.8) is 0 Å². The van der Waals surface area contributed by atoms with Crippen LogP contribution >= 0.6 is 11.3 Å². The van der Waals surface area contributed by atoms with Crippen molar-refractivity contribution >= 4 is 29.0 Å². The number of piperazine rings is 1. The number of anilines is 1. The van der Waals surface area contributed by atoms with Crippen molar-refractivity contribution < 1.29 is 14.3 Å². The van der Waals surface area contributed by atoms with Gasteiger partial charge in [0.05, 0.1) is 13.7 Å². The maximum Gasteiger partial charge on any atom is 0.318 e. The molecule has 0 radical (unpaired) electrons. The Hall–Kier alpha value is -2.54. The number of ether oxygens (including phenoxy) is 1. The third-order valence-electron chi connectivity index (χ3n) is 4.21. The molecule has 2 aromatic rings. The Morgan fingerprint density at radius 3 is 2.92 bits per heavy atom. The van der Waals surface area contributed by atoms with Gasteiger partial charge in [-0.05, 0) is 30.5 Å². The number of thiophene rings is 1. The van der Waals surface area contributed by atoms with Gasteiger partial charge in [-0.15, -0.1) is 11.3 Å². The lowest BCUT2D eigenvalue weighted by Gasteiger charge is -2.39. The molecular weight excluding hydrogens is 338 g/mol. The summed E-state index contributed by atoms with van der Waals surface area (Å²) in [6.07, 6.45) is 0. The normalized spacial score (nSPS) is 17.5. The summed E-state index contributed by atoms with van der Waals surface area (Å²) in [5.74, 6) is 0.603. The minimum absolute atomic E-state index is 0.0641. The molecule has 7 heteroatoms. The number of nitrogens with one attached hydrogen (secondary N) is 1. The van der Waals surface area contributed by atoms with E-state index in [9.17, 15) is 9.59 Å². The van der Waals surface area contributed by atoms with E-state index < -0.39 is 0 Å². The summed E-state index contributed by atoms with van der Waals surface area (Å²) >= 11 is 1.59. The van der Waals surface area contributed by atoms with Crippen LogP contribution in [0.1, 0.15) is 11.8 Å². The molecule has 3 amide bonds. The molecule has 2 heterocycles. The number of benzene rings is 1. The molecule has 1 fully saturated rings. The smallest absolute Gasteiger partial charge is 0.318 e. The van der Waals surface area contributed by atoms with Crippen LogP contribution in [0.5, 0.6) is 5.75 Å². The Bertz CT molecular complexity index is 748. The van der Waals surface area contributed by atoms with Gasteiger partial charge in [-0.25, -0.2) is 4.79 Å². The molecule has 0 spiro atoms. The second kappa shape index (κ2) is 7.57. The van der Waals surface area contributed by atoms with E-state index in [-0.39, 0.29) is 24.5 Å². The van der Waals surface area contributed by atoms with Crippen LogP contribution in [0.25, 0.3) is 0 Å². The number of rotatable bonds is 4. The van der Waals surface area contributed by atoms with Gasteiger partial charge in [-0.1, -0.05) is 12.1 Å². The molecule has 25 heavy (non-hydrogen) atoms. The zero-order chi connectivity index (χ0) is 17.8. The zero-order valence-electron chi connectivity index (χ0n) is 14.3. The van der Waals surface area contributed by atoms with Crippen molar-refractivity contribution in [3.8, 4) is 5.75 Å². The molecule has 1 N–H and O–H groups in total. The maximum atomic E-state index is 12.6. The second-order valence-electron chi connectivity index (χ2n) is 5.92. The molecule has 0 saturated carbocycles. The highest BCUT2D eigenvalue weighted by atomic mass is 32.1. The quantitative estimate of drug-likeness (QED) is 0.913. The Morgan fingerprint density at radius 2 is 2.20 bits per heavy atom. The number of carbonyl (C=O) groups excluding carboxylic acids is 2. The van der Waals surface area contributed by atoms with Gasteiger partial charge in [0.15, 0.2) is 0 Å². The number of methoxy groups -OCH3 is 1. The van der Waals surface area contributed by atoms with Crippen LogP contribution in [0.4, 0.5) is 10.5 Å². The van der Waals surface area contributed by atoms with Crippen molar-refractivity contribution in [3.05, 3.63) is 46.7 Å². The highest BCUT2D eigenvalue weighted by Gasteiger charge is 2.33. The van der Waals surface area contributed by atoms with E-state index in [0.29, 0.717) is 18.8 Å². The van der Waals surface area contributed by atoms with Gasteiger partial charge in [0.25, 0.3) is 0 Å². The summed E-state index contributed by atoms with van der Waals surface area (Å²) in [5.41, 5.74) is 0.787. The summed E-state index contributed by atoms with van der Waals surface area (Å²) in [7, 11) is 1.60. The monoisotopic (exact) mass is 359 g/mol. The molecular formula is C18H21N3O3S. The number of hydrogen-bond donors (Lipinski definition) is 1. The second-order valence-corrected chi connectivity index (χ2v) is 6.95. The third kappa shape index (κ3) is 3.93. The molecule has 0 aliphatic carbocycles. The van der Waals surface area contributed by atoms with Gasteiger partial charge in [-0.3, -0.25) is 4.79 Å². The minimum atomic E-state index is -0.209. The maximum absolute atomic E-state index is 12.6. The predicted molar refractivity (Wildman–Crippen MR) is 98.1 cm³/mol. The van der Waals surface area contributed by atoms with Crippen LogP contribution in [0.15, 0.2) is 41.8 Å². The molecule has 1 saturated heterocycles. The molecule has 0 bridgehead atoms. The fourth-order valence-electron chi connectivity index (χ4n) is 2.83. The minimum Gasteiger partial charge on any atom is -0.497 e. The average molecular weight is 359 g/mol. The molecule has 1 aliphatic heterocycles. The lowest BCUT2D eigenvalue weighted by molar-refractivity contribution is -0.121. The first-order chi connectivity index (χ1) is 12.1. The van der Waals surface area contributed by atoms with E-state index >= 15 is 0 Å².